The van der Waals surface area contributed by atoms with Crippen LogP contribution < -0.4 is 5.73 Å². The maximum Gasteiger partial charge on any atom is 0.0491 e. The number of rotatable bonds is 3. The van der Waals surface area contributed by atoms with Crippen LogP contribution in [0.1, 0.15) is 18.4 Å². The standard InChI is InChI=1S/C17H18N2/c18-10-13-7-8-17-15(9-13)14-3-1-2-4-16(14)19(17)11-12-5-6-12/h1-4,7-9,12H,5-6,10-11,18H2. The van der Waals surface area contributed by atoms with Crippen molar-refractivity contribution in [1.82, 2.24) is 4.57 Å². The maximum absolute atomic E-state index is 5.78. The molecule has 2 nitrogen and oxygen atoms in total. The van der Waals surface area contributed by atoms with Crippen molar-refractivity contribution >= 4 is 21.8 Å². The van der Waals surface area contributed by atoms with Crippen LogP contribution in [0.2, 0.25) is 0 Å². The minimum Gasteiger partial charge on any atom is -0.340 e. The van der Waals surface area contributed by atoms with Crippen molar-refractivity contribution in [2.75, 3.05) is 0 Å². The van der Waals surface area contributed by atoms with Gasteiger partial charge in [-0.25, -0.2) is 0 Å². The molecule has 0 bridgehead atoms. The lowest BCUT2D eigenvalue weighted by molar-refractivity contribution is 0.664. The van der Waals surface area contributed by atoms with Crippen LogP contribution in [0, 0.1) is 5.92 Å². The van der Waals surface area contributed by atoms with E-state index in [2.05, 4.69) is 47.0 Å². The molecule has 1 aromatic heterocycles. The van der Waals surface area contributed by atoms with Gasteiger partial charge in [-0.15, -0.1) is 0 Å². The van der Waals surface area contributed by atoms with Crippen LogP contribution >= 0.6 is 0 Å². The Hall–Kier alpha value is -1.80. The van der Waals surface area contributed by atoms with Gasteiger partial charge in [0.15, 0.2) is 0 Å². The normalized spacial score (nSPS) is 15.4. The molecule has 0 amide bonds. The van der Waals surface area contributed by atoms with E-state index in [4.69, 9.17) is 5.73 Å². The SMILES string of the molecule is NCc1ccc2c(c1)c1ccccc1n2CC1CC1. The minimum absolute atomic E-state index is 0.609. The molecule has 0 spiro atoms. The number of aromatic nitrogens is 1. The molecule has 19 heavy (non-hydrogen) atoms. The summed E-state index contributed by atoms with van der Waals surface area (Å²) in [5.74, 6) is 0.883. The molecule has 1 fully saturated rings. The molecule has 2 heteroatoms. The van der Waals surface area contributed by atoms with Crippen LogP contribution in [-0.2, 0) is 13.1 Å². The van der Waals surface area contributed by atoms with Gasteiger partial charge in [0.2, 0.25) is 0 Å². The van der Waals surface area contributed by atoms with Gasteiger partial charge in [-0.1, -0.05) is 24.3 Å². The molecule has 0 saturated heterocycles. The van der Waals surface area contributed by atoms with Crippen molar-refractivity contribution in [3.63, 3.8) is 0 Å². The lowest BCUT2D eigenvalue weighted by Crippen LogP contribution is -1.99. The molecule has 1 aliphatic rings. The number of hydrogen-bond donors (Lipinski definition) is 1. The molecule has 0 aliphatic heterocycles. The lowest BCUT2D eigenvalue weighted by atomic mass is 10.1. The summed E-state index contributed by atoms with van der Waals surface area (Å²) in [6.07, 6.45) is 2.77. The van der Waals surface area contributed by atoms with E-state index in [1.165, 1.54) is 40.2 Å². The largest absolute Gasteiger partial charge is 0.340 e. The second kappa shape index (κ2) is 4.10. The third-order valence-electron chi connectivity index (χ3n) is 4.21. The van der Waals surface area contributed by atoms with E-state index < -0.39 is 0 Å². The summed E-state index contributed by atoms with van der Waals surface area (Å²) in [6.45, 7) is 1.77. The fraction of sp³-hybridized carbons (Fsp3) is 0.294. The van der Waals surface area contributed by atoms with Crippen LogP contribution in [0.15, 0.2) is 42.5 Å². The highest BCUT2D eigenvalue weighted by atomic mass is 15.0. The van der Waals surface area contributed by atoms with Gasteiger partial charge in [0.25, 0.3) is 0 Å². The molecule has 0 atom stereocenters. The number of nitrogens with two attached hydrogens (primary N) is 1. The molecular weight excluding hydrogens is 232 g/mol. The molecule has 4 rings (SSSR count). The predicted molar refractivity (Wildman–Crippen MR) is 80.1 cm³/mol. The summed E-state index contributed by atoms with van der Waals surface area (Å²) in [7, 11) is 0. The highest BCUT2D eigenvalue weighted by Crippen LogP contribution is 2.36. The summed E-state index contributed by atoms with van der Waals surface area (Å²) in [5, 5.41) is 2.70. The van der Waals surface area contributed by atoms with E-state index in [9.17, 15) is 0 Å². The highest BCUT2D eigenvalue weighted by molar-refractivity contribution is 6.08. The molecular formula is C17H18N2. The van der Waals surface area contributed by atoms with Gasteiger partial charge in [0.1, 0.15) is 0 Å². The van der Waals surface area contributed by atoms with Crippen LogP contribution in [0.4, 0.5) is 0 Å². The first-order valence-electron chi connectivity index (χ1n) is 7.07. The Morgan fingerprint density at radius 2 is 1.79 bits per heavy atom. The third-order valence-corrected chi connectivity index (χ3v) is 4.21. The molecule has 3 aromatic rings. The molecule has 2 aromatic carbocycles. The Morgan fingerprint density at radius 1 is 1.00 bits per heavy atom. The Bertz CT molecular complexity index is 750. The second-order valence-electron chi connectivity index (χ2n) is 5.63. The fourth-order valence-electron chi connectivity index (χ4n) is 2.98. The number of nitrogens with zero attached hydrogens (tertiary/aromatic N) is 1. The molecule has 96 valence electrons. The van der Waals surface area contributed by atoms with Gasteiger partial charge in [0.05, 0.1) is 0 Å². The van der Waals surface area contributed by atoms with Gasteiger partial charge in [0, 0.05) is 34.9 Å². The average Bonchev–Trinajstić information content (AvgIpc) is 3.23. The zero-order chi connectivity index (χ0) is 12.8. The maximum atomic E-state index is 5.78. The summed E-state index contributed by atoms with van der Waals surface area (Å²) in [5.41, 5.74) is 9.70. The van der Waals surface area contributed by atoms with Crippen molar-refractivity contribution in [1.29, 1.82) is 0 Å². The smallest absolute Gasteiger partial charge is 0.0491 e. The van der Waals surface area contributed by atoms with Crippen molar-refractivity contribution in [3.05, 3.63) is 48.0 Å². The van der Waals surface area contributed by atoms with E-state index in [1.807, 2.05) is 0 Å². The van der Waals surface area contributed by atoms with Crippen LogP contribution in [0.3, 0.4) is 0 Å². The monoisotopic (exact) mass is 250 g/mol. The van der Waals surface area contributed by atoms with E-state index in [0.717, 1.165) is 12.5 Å². The Kier molecular flexibility index (Phi) is 2.39. The lowest BCUT2D eigenvalue weighted by Gasteiger charge is -2.06. The van der Waals surface area contributed by atoms with Gasteiger partial charge < -0.3 is 10.3 Å². The number of para-hydroxylation sites is 1. The summed E-state index contributed by atoms with van der Waals surface area (Å²) >= 11 is 0. The van der Waals surface area contributed by atoms with Crippen LogP contribution in [0.5, 0.6) is 0 Å². The van der Waals surface area contributed by atoms with Gasteiger partial charge in [-0.2, -0.15) is 0 Å². The van der Waals surface area contributed by atoms with Crippen LogP contribution in [-0.4, -0.2) is 4.57 Å². The van der Waals surface area contributed by atoms with Crippen molar-refractivity contribution < 1.29 is 0 Å². The van der Waals surface area contributed by atoms with Crippen molar-refractivity contribution in [2.24, 2.45) is 11.7 Å². The van der Waals surface area contributed by atoms with Crippen molar-refractivity contribution in [3.8, 4) is 0 Å². The van der Waals surface area contributed by atoms with Gasteiger partial charge in [-0.3, -0.25) is 0 Å². The van der Waals surface area contributed by atoms with E-state index in [0.29, 0.717) is 6.54 Å². The Balaban J connectivity index is 2.04. The summed E-state index contributed by atoms with van der Waals surface area (Å²) in [6, 6.07) is 15.4. The molecule has 0 unspecified atom stereocenters. The topological polar surface area (TPSA) is 30.9 Å². The first-order chi connectivity index (χ1) is 9.36. The second-order valence-corrected chi connectivity index (χ2v) is 5.63. The van der Waals surface area contributed by atoms with Crippen LogP contribution in [0.25, 0.3) is 21.8 Å². The van der Waals surface area contributed by atoms with E-state index in [1.54, 1.807) is 0 Å². The number of hydrogen-bond acceptors (Lipinski definition) is 1. The fourth-order valence-corrected chi connectivity index (χ4v) is 2.98. The summed E-state index contributed by atoms with van der Waals surface area (Å²) in [4.78, 5) is 0. The van der Waals surface area contributed by atoms with Gasteiger partial charge >= 0.3 is 0 Å². The zero-order valence-electron chi connectivity index (χ0n) is 11.0. The number of benzene rings is 2. The van der Waals surface area contributed by atoms with E-state index >= 15 is 0 Å². The highest BCUT2D eigenvalue weighted by Gasteiger charge is 2.23. The Labute approximate surface area is 112 Å². The quantitative estimate of drug-likeness (QED) is 0.755. The van der Waals surface area contributed by atoms with Gasteiger partial charge in [-0.05, 0) is 42.5 Å². The third kappa shape index (κ3) is 1.75. The first kappa shape index (κ1) is 11.1. The molecule has 1 saturated carbocycles. The Morgan fingerprint density at radius 3 is 2.58 bits per heavy atom. The molecule has 1 heterocycles. The molecule has 0 radical (unpaired) electrons. The molecule has 2 N–H and O–H groups in total. The predicted octanol–water partition coefficient (Wildman–Crippen LogP) is 3.66. The molecule has 1 aliphatic carbocycles. The zero-order valence-corrected chi connectivity index (χ0v) is 11.0. The summed E-state index contributed by atoms with van der Waals surface area (Å²) < 4.78 is 2.49. The average molecular weight is 250 g/mol. The number of fused-ring (bicyclic) bond motifs is 3. The minimum atomic E-state index is 0.609. The van der Waals surface area contributed by atoms with Crippen molar-refractivity contribution in [2.45, 2.75) is 25.9 Å². The first-order valence-corrected chi connectivity index (χ1v) is 7.07. The van der Waals surface area contributed by atoms with E-state index in [-0.39, 0.29) is 0 Å².